The molecule has 8 rings (SSSR count). The van der Waals surface area contributed by atoms with E-state index in [1.54, 1.807) is 0 Å². The summed E-state index contributed by atoms with van der Waals surface area (Å²) in [5.74, 6) is 0. The van der Waals surface area contributed by atoms with Crippen LogP contribution in [0.25, 0.3) is 44.2 Å². The van der Waals surface area contributed by atoms with Crippen molar-refractivity contribution in [1.82, 2.24) is 0 Å². The summed E-state index contributed by atoms with van der Waals surface area (Å²) in [6.45, 7) is 4.79. The third kappa shape index (κ3) is 4.24. The van der Waals surface area contributed by atoms with Crippen molar-refractivity contribution in [1.29, 1.82) is 0 Å². The first-order chi connectivity index (χ1) is 21.6. The van der Waals surface area contributed by atoms with E-state index in [1.165, 1.54) is 61.0 Å². The summed E-state index contributed by atoms with van der Waals surface area (Å²) in [6, 6.07) is 59.5. The second kappa shape index (κ2) is 10.4. The molecule has 0 radical (unpaired) electrons. The maximum atomic E-state index is 2.45. The van der Waals surface area contributed by atoms with Crippen LogP contribution in [0.3, 0.4) is 0 Å². The van der Waals surface area contributed by atoms with Crippen LogP contribution in [0.1, 0.15) is 25.0 Å². The van der Waals surface area contributed by atoms with Crippen molar-refractivity contribution >= 4 is 27.8 Å². The van der Waals surface area contributed by atoms with Gasteiger partial charge in [-0.05, 0) is 86.1 Å². The highest BCUT2D eigenvalue weighted by atomic mass is 15.1. The summed E-state index contributed by atoms with van der Waals surface area (Å²) in [7, 11) is 0. The highest BCUT2D eigenvalue weighted by Gasteiger charge is 2.40. The average Bonchev–Trinajstić information content (AvgIpc) is 3.33. The quantitative estimate of drug-likeness (QED) is 0.201. The summed E-state index contributed by atoms with van der Waals surface area (Å²) in [6.07, 6.45) is 0. The molecular weight excluding hydrogens is 530 g/mol. The fourth-order valence-electron chi connectivity index (χ4n) is 7.11. The highest BCUT2D eigenvalue weighted by Crippen LogP contribution is 2.57. The number of benzene rings is 7. The van der Waals surface area contributed by atoms with E-state index >= 15 is 0 Å². The van der Waals surface area contributed by atoms with Crippen LogP contribution in [-0.4, -0.2) is 0 Å². The van der Waals surface area contributed by atoms with Gasteiger partial charge in [0.05, 0.1) is 5.69 Å². The molecule has 0 spiro atoms. The molecule has 0 bridgehead atoms. The Morgan fingerprint density at radius 3 is 1.73 bits per heavy atom. The van der Waals surface area contributed by atoms with E-state index in [0.717, 1.165) is 11.4 Å². The Morgan fingerprint density at radius 1 is 0.455 bits per heavy atom. The van der Waals surface area contributed by atoms with Gasteiger partial charge in [-0.2, -0.15) is 0 Å². The van der Waals surface area contributed by atoms with Crippen molar-refractivity contribution in [2.75, 3.05) is 4.90 Å². The molecule has 0 saturated heterocycles. The number of anilines is 3. The first kappa shape index (κ1) is 26.2. The topological polar surface area (TPSA) is 3.24 Å². The Balaban J connectivity index is 1.42. The van der Waals surface area contributed by atoms with Crippen LogP contribution < -0.4 is 4.90 Å². The predicted molar refractivity (Wildman–Crippen MR) is 187 cm³/mol. The number of nitrogens with zero attached hydrogens (tertiary/aromatic N) is 1. The summed E-state index contributed by atoms with van der Waals surface area (Å²) in [5.41, 5.74) is 13.6. The highest BCUT2D eigenvalue weighted by molar-refractivity contribution is 6.06. The zero-order valence-electron chi connectivity index (χ0n) is 25.0. The Kier molecular flexibility index (Phi) is 6.20. The number of para-hydroxylation sites is 1. The first-order valence-electron chi connectivity index (χ1n) is 15.4. The smallest absolute Gasteiger partial charge is 0.0549 e. The predicted octanol–water partition coefficient (Wildman–Crippen LogP) is 11.9. The van der Waals surface area contributed by atoms with Gasteiger partial charge in [0.1, 0.15) is 0 Å². The van der Waals surface area contributed by atoms with Gasteiger partial charge >= 0.3 is 0 Å². The van der Waals surface area contributed by atoms with Crippen LogP contribution in [0, 0.1) is 0 Å². The van der Waals surface area contributed by atoms with Gasteiger partial charge < -0.3 is 4.90 Å². The summed E-state index contributed by atoms with van der Waals surface area (Å²) < 4.78 is 0. The molecule has 7 aromatic carbocycles. The van der Waals surface area contributed by atoms with E-state index in [2.05, 4.69) is 183 Å². The van der Waals surface area contributed by atoms with Crippen molar-refractivity contribution in [2.45, 2.75) is 19.3 Å². The van der Waals surface area contributed by atoms with E-state index < -0.39 is 0 Å². The minimum atomic E-state index is -0.181. The standard InChI is InChI=1S/C43H33N/c1-43(2)39-28-33(31-17-8-4-9-18-31)25-26-38(39)41-40(29-34-19-12-13-24-37(34)42(41)43)44(35-21-10-5-11-22-35)36-23-14-20-32(27-36)30-15-6-3-7-16-30/h3-29H,1-2H3. The second-order valence-electron chi connectivity index (χ2n) is 12.2. The van der Waals surface area contributed by atoms with E-state index in [1.807, 2.05) is 0 Å². The number of rotatable bonds is 5. The molecule has 1 aliphatic rings. The SMILES string of the molecule is CC1(C)c2cc(-c3ccccc3)ccc2-c2c(N(c3ccccc3)c3cccc(-c4ccccc4)c3)cc3ccccc3c21. The molecule has 0 aliphatic heterocycles. The second-order valence-corrected chi connectivity index (χ2v) is 12.2. The molecule has 0 fully saturated rings. The Hall–Kier alpha value is -5.40. The van der Waals surface area contributed by atoms with Gasteiger partial charge in [0.2, 0.25) is 0 Å². The van der Waals surface area contributed by atoms with Crippen molar-refractivity contribution < 1.29 is 0 Å². The fraction of sp³-hybridized carbons (Fsp3) is 0.0698. The Bertz CT molecular complexity index is 2130. The minimum Gasteiger partial charge on any atom is -0.310 e. The van der Waals surface area contributed by atoms with E-state index in [-0.39, 0.29) is 5.41 Å². The van der Waals surface area contributed by atoms with Crippen LogP contribution in [-0.2, 0) is 5.41 Å². The molecule has 1 nitrogen and oxygen atoms in total. The largest absolute Gasteiger partial charge is 0.310 e. The van der Waals surface area contributed by atoms with Gasteiger partial charge in [0.25, 0.3) is 0 Å². The molecule has 1 heteroatoms. The van der Waals surface area contributed by atoms with Crippen LogP contribution in [0.15, 0.2) is 164 Å². The van der Waals surface area contributed by atoms with E-state index in [4.69, 9.17) is 0 Å². The fourth-order valence-corrected chi connectivity index (χ4v) is 7.11. The summed E-state index contributed by atoms with van der Waals surface area (Å²) >= 11 is 0. The van der Waals surface area contributed by atoms with Crippen molar-refractivity contribution in [3.05, 3.63) is 175 Å². The van der Waals surface area contributed by atoms with Crippen LogP contribution in [0.2, 0.25) is 0 Å². The minimum absolute atomic E-state index is 0.181. The lowest BCUT2D eigenvalue weighted by atomic mass is 9.79. The third-order valence-electron chi connectivity index (χ3n) is 9.19. The molecule has 0 unspecified atom stereocenters. The molecule has 44 heavy (non-hydrogen) atoms. The van der Waals surface area contributed by atoms with Crippen molar-refractivity contribution in [2.24, 2.45) is 0 Å². The molecule has 0 heterocycles. The first-order valence-corrected chi connectivity index (χ1v) is 15.4. The van der Waals surface area contributed by atoms with Gasteiger partial charge in [-0.15, -0.1) is 0 Å². The Morgan fingerprint density at radius 2 is 1.02 bits per heavy atom. The maximum Gasteiger partial charge on any atom is 0.0549 e. The van der Waals surface area contributed by atoms with Crippen molar-refractivity contribution in [3.8, 4) is 33.4 Å². The normalized spacial score (nSPS) is 13.0. The third-order valence-corrected chi connectivity index (χ3v) is 9.19. The maximum absolute atomic E-state index is 2.45. The van der Waals surface area contributed by atoms with Gasteiger partial charge in [0, 0.05) is 22.4 Å². The van der Waals surface area contributed by atoms with Crippen LogP contribution in [0.4, 0.5) is 17.1 Å². The Labute approximate surface area is 259 Å². The molecule has 0 saturated carbocycles. The van der Waals surface area contributed by atoms with Gasteiger partial charge in [-0.25, -0.2) is 0 Å². The molecular formula is C43H33N. The molecule has 210 valence electrons. The monoisotopic (exact) mass is 563 g/mol. The molecule has 1 aliphatic carbocycles. The zero-order chi connectivity index (χ0) is 29.7. The van der Waals surface area contributed by atoms with Gasteiger partial charge in [0.15, 0.2) is 0 Å². The summed E-state index contributed by atoms with van der Waals surface area (Å²) in [4.78, 5) is 2.45. The lowest BCUT2D eigenvalue weighted by molar-refractivity contribution is 0.666. The molecule has 0 atom stereocenters. The van der Waals surface area contributed by atoms with Gasteiger partial charge in [-0.1, -0.05) is 141 Å². The van der Waals surface area contributed by atoms with Crippen molar-refractivity contribution in [3.63, 3.8) is 0 Å². The lowest BCUT2D eigenvalue weighted by Gasteiger charge is -2.30. The molecule has 0 aromatic heterocycles. The number of hydrogen-bond acceptors (Lipinski definition) is 1. The summed E-state index contributed by atoms with van der Waals surface area (Å²) in [5, 5.41) is 2.57. The van der Waals surface area contributed by atoms with Crippen LogP contribution >= 0.6 is 0 Å². The number of hydrogen-bond donors (Lipinski definition) is 0. The zero-order valence-corrected chi connectivity index (χ0v) is 25.0. The molecule has 0 N–H and O–H groups in total. The van der Waals surface area contributed by atoms with Gasteiger partial charge in [-0.3, -0.25) is 0 Å². The van der Waals surface area contributed by atoms with Crippen LogP contribution in [0.5, 0.6) is 0 Å². The molecule has 0 amide bonds. The number of fused-ring (bicyclic) bond motifs is 5. The molecule has 7 aromatic rings. The van der Waals surface area contributed by atoms with E-state index in [0.29, 0.717) is 0 Å². The average molecular weight is 564 g/mol. The lowest BCUT2D eigenvalue weighted by Crippen LogP contribution is -2.17. The van der Waals surface area contributed by atoms with E-state index in [9.17, 15) is 0 Å².